The summed E-state index contributed by atoms with van der Waals surface area (Å²) >= 11 is 0. The fourth-order valence-corrected chi connectivity index (χ4v) is 9.83. The zero-order chi connectivity index (χ0) is 26.0. The highest BCUT2D eigenvalue weighted by molar-refractivity contribution is 5.26. The van der Waals surface area contributed by atoms with Gasteiger partial charge in [-0.2, -0.15) is 0 Å². The van der Waals surface area contributed by atoms with Gasteiger partial charge in [0.25, 0.3) is 0 Å². The predicted molar refractivity (Wildman–Crippen MR) is 158 cm³/mol. The standard InChI is InChI=1S/C36H60O/c1-6-7-8-9-14-34(27-15-16-27)37-30-21-23-36(5)29(25-30)17-19-31-32-20-18-28(13-11-10-12-26(2)3)35(32,4)24-22-33(31)36/h17,26,28,30-33H,6-16,18-25H2,1-5H3/t28?,30?,31?,32-,33?,35?,36?/m0/s1. The van der Waals surface area contributed by atoms with Crippen molar-refractivity contribution >= 4 is 0 Å². The third-order valence-corrected chi connectivity index (χ3v) is 12.3. The van der Waals surface area contributed by atoms with Crippen LogP contribution in [0.5, 0.6) is 0 Å². The SMILES string of the molecule is CCCCCCC(OC1CCC2(C)C(=CCC3C2CCC2(C)C(CCCCC(C)C)CC[C@@H]32)C1)=C1CC1. The fraction of sp³-hybridized carbons (Fsp3) is 0.889. The minimum Gasteiger partial charge on any atom is -0.494 e. The number of unbranched alkanes of at least 4 members (excludes halogenated alkanes) is 4. The molecule has 4 saturated carbocycles. The number of hydrogen-bond donors (Lipinski definition) is 0. The second-order valence-electron chi connectivity index (χ2n) is 15.1. The van der Waals surface area contributed by atoms with Crippen molar-refractivity contribution in [3.05, 3.63) is 23.0 Å². The lowest BCUT2D eigenvalue weighted by Crippen LogP contribution is -2.50. The van der Waals surface area contributed by atoms with E-state index in [1.807, 2.05) is 0 Å². The largest absolute Gasteiger partial charge is 0.494 e. The van der Waals surface area contributed by atoms with Gasteiger partial charge in [0.2, 0.25) is 0 Å². The molecule has 0 heterocycles. The number of rotatable bonds is 12. The highest BCUT2D eigenvalue weighted by Crippen LogP contribution is 2.67. The summed E-state index contributed by atoms with van der Waals surface area (Å²) in [6.07, 6.45) is 29.5. The molecule has 0 amide bonds. The van der Waals surface area contributed by atoms with Crippen LogP contribution >= 0.6 is 0 Å². The average Bonchev–Trinajstić information content (AvgIpc) is 3.66. The minimum atomic E-state index is 0.445. The van der Waals surface area contributed by atoms with E-state index < -0.39 is 0 Å². The lowest BCUT2D eigenvalue weighted by molar-refractivity contribution is -0.0536. The van der Waals surface area contributed by atoms with E-state index in [4.69, 9.17) is 4.74 Å². The van der Waals surface area contributed by atoms with E-state index in [0.717, 1.165) is 29.6 Å². The van der Waals surface area contributed by atoms with E-state index >= 15 is 0 Å². The second kappa shape index (κ2) is 11.8. The Morgan fingerprint density at radius 2 is 1.78 bits per heavy atom. The van der Waals surface area contributed by atoms with Crippen LogP contribution in [-0.2, 0) is 4.74 Å². The Morgan fingerprint density at radius 1 is 0.946 bits per heavy atom. The molecule has 0 aliphatic heterocycles. The molecule has 0 bridgehead atoms. The van der Waals surface area contributed by atoms with Crippen LogP contribution in [-0.4, -0.2) is 6.10 Å². The summed E-state index contributed by atoms with van der Waals surface area (Å²) in [5.41, 5.74) is 4.52. The molecule has 5 rings (SSSR count). The zero-order valence-corrected chi connectivity index (χ0v) is 25.4. The van der Waals surface area contributed by atoms with Crippen LogP contribution in [0.15, 0.2) is 23.0 Å². The molecule has 210 valence electrons. The molecule has 1 nitrogen and oxygen atoms in total. The van der Waals surface area contributed by atoms with E-state index in [-0.39, 0.29) is 0 Å². The van der Waals surface area contributed by atoms with Crippen molar-refractivity contribution in [2.45, 2.75) is 163 Å². The van der Waals surface area contributed by atoms with E-state index in [0.29, 0.717) is 16.9 Å². The molecule has 0 aromatic heterocycles. The van der Waals surface area contributed by atoms with Gasteiger partial charge in [-0.1, -0.05) is 84.8 Å². The highest BCUT2D eigenvalue weighted by atomic mass is 16.5. The molecule has 0 spiro atoms. The van der Waals surface area contributed by atoms with Crippen molar-refractivity contribution < 1.29 is 4.74 Å². The van der Waals surface area contributed by atoms with Crippen LogP contribution in [0.3, 0.4) is 0 Å². The first-order valence-electron chi connectivity index (χ1n) is 16.9. The molecule has 4 fully saturated rings. The Bertz CT molecular complexity index is 828. The van der Waals surface area contributed by atoms with Gasteiger partial charge in [-0.05, 0) is 117 Å². The molecule has 0 aromatic rings. The summed E-state index contributed by atoms with van der Waals surface area (Å²) in [5.74, 6) is 6.15. The Morgan fingerprint density at radius 3 is 2.54 bits per heavy atom. The molecule has 0 saturated heterocycles. The number of fused-ring (bicyclic) bond motifs is 5. The molecule has 5 aliphatic rings. The lowest BCUT2D eigenvalue weighted by atomic mass is 9.47. The molecule has 0 aromatic carbocycles. The Balaban J connectivity index is 1.20. The van der Waals surface area contributed by atoms with Crippen LogP contribution < -0.4 is 0 Å². The van der Waals surface area contributed by atoms with Gasteiger partial charge < -0.3 is 4.74 Å². The third-order valence-electron chi connectivity index (χ3n) is 12.3. The monoisotopic (exact) mass is 508 g/mol. The van der Waals surface area contributed by atoms with Crippen molar-refractivity contribution in [2.75, 3.05) is 0 Å². The van der Waals surface area contributed by atoms with Gasteiger partial charge in [0.15, 0.2) is 0 Å². The highest BCUT2D eigenvalue weighted by Gasteiger charge is 2.58. The second-order valence-corrected chi connectivity index (χ2v) is 15.1. The van der Waals surface area contributed by atoms with E-state index in [1.165, 1.54) is 128 Å². The summed E-state index contributed by atoms with van der Waals surface area (Å²) < 4.78 is 6.83. The number of ether oxygens (including phenoxy) is 1. The molecular formula is C36H60O. The minimum absolute atomic E-state index is 0.445. The Hall–Kier alpha value is -0.720. The molecule has 0 N–H and O–H groups in total. The number of hydrogen-bond acceptors (Lipinski definition) is 1. The lowest BCUT2D eigenvalue weighted by Gasteiger charge is -2.58. The maximum atomic E-state index is 6.83. The first kappa shape index (κ1) is 27.8. The van der Waals surface area contributed by atoms with Crippen molar-refractivity contribution in [1.82, 2.24) is 0 Å². The van der Waals surface area contributed by atoms with Crippen LogP contribution in [0.4, 0.5) is 0 Å². The van der Waals surface area contributed by atoms with Gasteiger partial charge in [0.05, 0.1) is 5.76 Å². The number of allylic oxidation sites excluding steroid dienone is 3. The normalized spacial score (nSPS) is 38.6. The predicted octanol–water partition coefficient (Wildman–Crippen LogP) is 11.2. The van der Waals surface area contributed by atoms with Crippen molar-refractivity contribution in [3.8, 4) is 0 Å². The summed E-state index contributed by atoms with van der Waals surface area (Å²) in [7, 11) is 0. The Kier molecular flexibility index (Phi) is 8.87. The smallest absolute Gasteiger partial charge is 0.102 e. The fourth-order valence-electron chi connectivity index (χ4n) is 9.83. The quantitative estimate of drug-likeness (QED) is 0.145. The van der Waals surface area contributed by atoms with Gasteiger partial charge in [-0.3, -0.25) is 0 Å². The summed E-state index contributed by atoms with van der Waals surface area (Å²) in [6.45, 7) is 12.5. The van der Waals surface area contributed by atoms with Gasteiger partial charge >= 0.3 is 0 Å². The van der Waals surface area contributed by atoms with Crippen LogP contribution in [0.1, 0.15) is 157 Å². The van der Waals surface area contributed by atoms with E-state index in [9.17, 15) is 0 Å². The summed E-state index contributed by atoms with van der Waals surface area (Å²) in [6, 6.07) is 0. The van der Waals surface area contributed by atoms with Crippen LogP contribution in [0.25, 0.3) is 0 Å². The maximum Gasteiger partial charge on any atom is 0.102 e. The third kappa shape index (κ3) is 5.91. The molecule has 5 aliphatic carbocycles. The van der Waals surface area contributed by atoms with Crippen LogP contribution in [0, 0.1) is 40.4 Å². The first-order chi connectivity index (χ1) is 17.8. The molecular weight excluding hydrogens is 448 g/mol. The van der Waals surface area contributed by atoms with Gasteiger partial charge in [0, 0.05) is 12.8 Å². The molecule has 0 radical (unpaired) electrons. The molecule has 37 heavy (non-hydrogen) atoms. The molecule has 7 atom stereocenters. The summed E-state index contributed by atoms with van der Waals surface area (Å²) in [5, 5.41) is 0. The summed E-state index contributed by atoms with van der Waals surface area (Å²) in [4.78, 5) is 0. The topological polar surface area (TPSA) is 9.23 Å². The van der Waals surface area contributed by atoms with E-state index in [1.54, 1.807) is 11.1 Å². The van der Waals surface area contributed by atoms with Crippen molar-refractivity contribution in [3.63, 3.8) is 0 Å². The average molecular weight is 509 g/mol. The molecule has 6 unspecified atom stereocenters. The van der Waals surface area contributed by atoms with Gasteiger partial charge in [-0.25, -0.2) is 0 Å². The Labute approximate surface area is 230 Å². The van der Waals surface area contributed by atoms with Crippen LogP contribution in [0.2, 0.25) is 0 Å². The molecule has 1 heteroatoms. The zero-order valence-electron chi connectivity index (χ0n) is 25.4. The first-order valence-corrected chi connectivity index (χ1v) is 16.9. The van der Waals surface area contributed by atoms with Gasteiger partial charge in [0.1, 0.15) is 6.10 Å². The van der Waals surface area contributed by atoms with Gasteiger partial charge in [-0.15, -0.1) is 0 Å². The maximum absolute atomic E-state index is 6.83. The van der Waals surface area contributed by atoms with Crippen molar-refractivity contribution in [1.29, 1.82) is 0 Å². The van der Waals surface area contributed by atoms with Crippen molar-refractivity contribution in [2.24, 2.45) is 40.4 Å². The van der Waals surface area contributed by atoms with E-state index in [2.05, 4.69) is 40.7 Å².